The maximum absolute atomic E-state index is 11.6. The van der Waals surface area contributed by atoms with Crippen LogP contribution in [0, 0.1) is 0 Å². The van der Waals surface area contributed by atoms with Crippen LogP contribution in [0.15, 0.2) is 0 Å². The van der Waals surface area contributed by atoms with Crippen LogP contribution >= 0.6 is 0 Å². The Morgan fingerprint density at radius 3 is 1.30 bits per heavy atom. The van der Waals surface area contributed by atoms with E-state index in [2.05, 4.69) is 0 Å². The van der Waals surface area contributed by atoms with Crippen molar-refractivity contribution < 1.29 is 47.5 Å². The second-order valence-corrected chi connectivity index (χ2v) is 5.63. The average molecular weight is 394 g/mol. The highest BCUT2D eigenvalue weighted by Crippen LogP contribution is 2.21. The van der Waals surface area contributed by atoms with Crippen molar-refractivity contribution in [3.63, 3.8) is 0 Å². The van der Waals surface area contributed by atoms with E-state index < -0.39 is 48.4 Å². The number of hydrogen-bond acceptors (Lipinski definition) is 10. The highest BCUT2D eigenvalue weighted by Gasteiger charge is 2.42. The number of esters is 3. The second kappa shape index (κ2) is 13.4. The first-order valence-corrected chi connectivity index (χ1v) is 8.26. The van der Waals surface area contributed by atoms with Gasteiger partial charge in [0.15, 0.2) is 6.10 Å². The summed E-state index contributed by atoms with van der Waals surface area (Å²) in [5, 5.41) is 0. The minimum atomic E-state index is -0.989. The van der Waals surface area contributed by atoms with E-state index in [-0.39, 0.29) is 13.2 Å². The minimum absolute atomic E-state index is 0.0986. The molecule has 0 rings (SSSR count). The molecule has 0 aromatic rings. The predicted octanol–water partition coefficient (Wildman–Crippen LogP) is 0.104. The van der Waals surface area contributed by atoms with Gasteiger partial charge in [0.1, 0.15) is 37.6 Å². The molecule has 0 fully saturated rings. The molecule has 0 bridgehead atoms. The molecule has 0 aromatic heterocycles. The molecular weight excluding hydrogens is 364 g/mol. The van der Waals surface area contributed by atoms with Crippen molar-refractivity contribution in [3.8, 4) is 0 Å². The van der Waals surface area contributed by atoms with E-state index in [1.807, 2.05) is 0 Å². The molecule has 0 N–H and O–H groups in total. The van der Waals surface area contributed by atoms with Crippen LogP contribution in [0.1, 0.15) is 20.8 Å². The van der Waals surface area contributed by atoms with Crippen molar-refractivity contribution in [3.05, 3.63) is 0 Å². The number of carbonyl (C=O) groups excluding carboxylic acids is 3. The standard InChI is InChI=1S/C17H30O10/c1-10(18)25-8-13(21-4)15(23-6)17(24-7)16(27-12(3)20)14(22-5)9-26-11(2)19/h13-17H,8-9H2,1-7H3. The fraction of sp³-hybridized carbons (Fsp3) is 0.824. The number of rotatable bonds is 13. The minimum Gasteiger partial charge on any atom is -0.463 e. The largest absolute Gasteiger partial charge is 0.463 e. The molecule has 0 saturated carbocycles. The molecule has 5 unspecified atom stereocenters. The fourth-order valence-electron chi connectivity index (χ4n) is 2.49. The van der Waals surface area contributed by atoms with Gasteiger partial charge in [0.05, 0.1) is 0 Å². The van der Waals surface area contributed by atoms with Crippen molar-refractivity contribution >= 4 is 17.9 Å². The van der Waals surface area contributed by atoms with Gasteiger partial charge >= 0.3 is 17.9 Å². The molecule has 10 nitrogen and oxygen atoms in total. The third-order valence-electron chi connectivity index (χ3n) is 3.73. The first kappa shape index (κ1) is 25.2. The van der Waals surface area contributed by atoms with Crippen LogP contribution in [0.25, 0.3) is 0 Å². The fourth-order valence-corrected chi connectivity index (χ4v) is 2.49. The number of methoxy groups -OCH3 is 4. The highest BCUT2D eigenvalue weighted by atomic mass is 16.6. The normalized spacial score (nSPS) is 16.6. The molecule has 27 heavy (non-hydrogen) atoms. The summed E-state index contributed by atoms with van der Waals surface area (Å²) in [4.78, 5) is 33.9. The summed E-state index contributed by atoms with van der Waals surface area (Å²) in [5.41, 5.74) is 0. The van der Waals surface area contributed by atoms with Crippen molar-refractivity contribution in [2.24, 2.45) is 0 Å². The third-order valence-corrected chi connectivity index (χ3v) is 3.73. The number of hydrogen-bond donors (Lipinski definition) is 0. The predicted molar refractivity (Wildman–Crippen MR) is 92.0 cm³/mol. The smallest absolute Gasteiger partial charge is 0.303 e. The van der Waals surface area contributed by atoms with Crippen LogP contribution in [-0.4, -0.2) is 90.1 Å². The highest BCUT2D eigenvalue weighted by molar-refractivity contribution is 5.67. The molecule has 10 heteroatoms. The number of ether oxygens (including phenoxy) is 7. The van der Waals surface area contributed by atoms with Gasteiger partial charge in [0.2, 0.25) is 0 Å². The van der Waals surface area contributed by atoms with Gasteiger partial charge in [0.25, 0.3) is 0 Å². The van der Waals surface area contributed by atoms with Crippen molar-refractivity contribution in [2.75, 3.05) is 41.7 Å². The lowest BCUT2D eigenvalue weighted by molar-refractivity contribution is -0.200. The molecule has 158 valence electrons. The Balaban J connectivity index is 5.62. The maximum Gasteiger partial charge on any atom is 0.303 e. The molecule has 0 amide bonds. The molecule has 0 aromatic carbocycles. The molecule has 0 heterocycles. The van der Waals surface area contributed by atoms with Gasteiger partial charge in [-0.25, -0.2) is 0 Å². The number of carbonyl (C=O) groups is 3. The zero-order chi connectivity index (χ0) is 21.0. The lowest BCUT2D eigenvalue weighted by Gasteiger charge is -2.37. The zero-order valence-corrected chi connectivity index (χ0v) is 16.9. The summed E-state index contributed by atoms with van der Waals surface area (Å²) in [6, 6.07) is 0. The van der Waals surface area contributed by atoms with Gasteiger partial charge in [0, 0.05) is 49.2 Å². The van der Waals surface area contributed by atoms with Crippen LogP contribution in [0.3, 0.4) is 0 Å². The average Bonchev–Trinajstić information content (AvgIpc) is 2.60. The Kier molecular flexibility index (Phi) is 12.6. The van der Waals surface area contributed by atoms with Gasteiger partial charge in [-0.15, -0.1) is 0 Å². The Morgan fingerprint density at radius 1 is 0.593 bits per heavy atom. The summed E-state index contributed by atoms with van der Waals surface area (Å²) in [7, 11) is 5.60. The maximum atomic E-state index is 11.6. The topological polar surface area (TPSA) is 116 Å². The van der Waals surface area contributed by atoms with Crippen LogP contribution in [0.5, 0.6) is 0 Å². The summed E-state index contributed by atoms with van der Waals surface area (Å²) in [6.45, 7) is 3.48. The molecule has 0 radical (unpaired) electrons. The van der Waals surface area contributed by atoms with Gasteiger partial charge in [-0.3, -0.25) is 14.4 Å². The van der Waals surface area contributed by atoms with E-state index in [1.165, 1.54) is 49.2 Å². The van der Waals surface area contributed by atoms with Crippen LogP contribution in [0.2, 0.25) is 0 Å². The Morgan fingerprint density at radius 2 is 1.00 bits per heavy atom. The first-order valence-electron chi connectivity index (χ1n) is 8.26. The summed E-state index contributed by atoms with van der Waals surface area (Å²) >= 11 is 0. The van der Waals surface area contributed by atoms with Gasteiger partial charge < -0.3 is 33.2 Å². The van der Waals surface area contributed by atoms with E-state index in [0.717, 1.165) is 0 Å². The monoisotopic (exact) mass is 394 g/mol. The lowest BCUT2D eigenvalue weighted by Crippen LogP contribution is -2.55. The van der Waals surface area contributed by atoms with E-state index in [0.29, 0.717) is 0 Å². The quantitative estimate of drug-likeness (QED) is 0.315. The van der Waals surface area contributed by atoms with Crippen LogP contribution < -0.4 is 0 Å². The first-order chi connectivity index (χ1) is 12.7. The Hall–Kier alpha value is -1.75. The Labute approximate surface area is 159 Å². The van der Waals surface area contributed by atoms with Gasteiger partial charge in [-0.2, -0.15) is 0 Å². The molecule has 0 aliphatic rings. The van der Waals surface area contributed by atoms with E-state index >= 15 is 0 Å². The molecular formula is C17H30O10. The summed E-state index contributed by atoms with van der Waals surface area (Å²) in [6.07, 6.45) is -4.20. The van der Waals surface area contributed by atoms with E-state index in [4.69, 9.17) is 33.2 Å². The third kappa shape index (κ3) is 9.14. The molecule has 0 saturated heterocycles. The van der Waals surface area contributed by atoms with Crippen molar-refractivity contribution in [1.29, 1.82) is 0 Å². The van der Waals surface area contributed by atoms with Crippen molar-refractivity contribution in [1.82, 2.24) is 0 Å². The molecule has 5 atom stereocenters. The molecule has 0 aliphatic heterocycles. The van der Waals surface area contributed by atoms with E-state index in [1.54, 1.807) is 0 Å². The Bertz CT molecular complexity index is 467. The van der Waals surface area contributed by atoms with Crippen LogP contribution in [-0.2, 0) is 47.5 Å². The van der Waals surface area contributed by atoms with Gasteiger partial charge in [-0.05, 0) is 0 Å². The summed E-state index contributed by atoms with van der Waals surface area (Å²) in [5.74, 6) is -1.58. The van der Waals surface area contributed by atoms with Gasteiger partial charge in [-0.1, -0.05) is 0 Å². The second-order valence-electron chi connectivity index (χ2n) is 5.63. The summed E-state index contributed by atoms with van der Waals surface area (Å²) < 4.78 is 37.0. The molecule has 0 spiro atoms. The van der Waals surface area contributed by atoms with Crippen LogP contribution in [0.4, 0.5) is 0 Å². The zero-order valence-electron chi connectivity index (χ0n) is 16.9. The van der Waals surface area contributed by atoms with E-state index in [9.17, 15) is 14.4 Å². The molecule has 0 aliphatic carbocycles. The SMILES string of the molecule is COC(COC(C)=O)C(OC)C(OC)C(OC(C)=O)C(COC(C)=O)OC. The van der Waals surface area contributed by atoms with Crippen molar-refractivity contribution in [2.45, 2.75) is 51.3 Å². The lowest BCUT2D eigenvalue weighted by atomic mass is 9.98.